The molecule has 0 heterocycles. The molecular weight excluding hydrogens is 354 g/mol. The lowest BCUT2D eigenvalue weighted by molar-refractivity contribution is 0.149. The lowest BCUT2D eigenvalue weighted by atomic mass is 10.1. The maximum Gasteiger partial charge on any atom is 0.246 e. The molecule has 2 aromatic rings. The SMILES string of the molecule is CCN(CC(O)c1cccc(O)c1)S(=O)(=O)c1cc(C)c(C)cc1OC. The van der Waals surface area contributed by atoms with Gasteiger partial charge in [-0.3, -0.25) is 0 Å². The summed E-state index contributed by atoms with van der Waals surface area (Å²) < 4.78 is 32.7. The number of phenols is 1. The van der Waals surface area contributed by atoms with Crippen molar-refractivity contribution in [3.8, 4) is 11.5 Å². The number of aliphatic hydroxyl groups is 1. The summed E-state index contributed by atoms with van der Waals surface area (Å²) in [5, 5.41) is 20.0. The number of hydrogen-bond donors (Lipinski definition) is 2. The zero-order valence-corrected chi connectivity index (χ0v) is 16.2. The summed E-state index contributed by atoms with van der Waals surface area (Å²) >= 11 is 0. The van der Waals surface area contributed by atoms with Crippen LogP contribution in [-0.2, 0) is 10.0 Å². The van der Waals surface area contributed by atoms with Gasteiger partial charge in [-0.25, -0.2) is 8.42 Å². The quantitative estimate of drug-likeness (QED) is 0.772. The standard InChI is InChI=1S/C19H25NO5S/c1-5-20(12-17(22)15-7-6-8-16(21)11-15)26(23,24)19-10-14(3)13(2)9-18(19)25-4/h6-11,17,21-22H,5,12H2,1-4H3. The van der Waals surface area contributed by atoms with Gasteiger partial charge in [0.2, 0.25) is 10.0 Å². The Morgan fingerprint density at radius 2 is 1.81 bits per heavy atom. The molecule has 2 aromatic carbocycles. The van der Waals surface area contributed by atoms with E-state index in [1.54, 1.807) is 31.2 Å². The minimum absolute atomic E-state index is 0.0169. The molecule has 2 N–H and O–H groups in total. The molecule has 0 radical (unpaired) electrons. The molecule has 0 aromatic heterocycles. The molecular formula is C19H25NO5S. The normalized spacial score (nSPS) is 13.0. The van der Waals surface area contributed by atoms with Crippen molar-refractivity contribution in [2.24, 2.45) is 0 Å². The van der Waals surface area contributed by atoms with Crippen LogP contribution >= 0.6 is 0 Å². The van der Waals surface area contributed by atoms with E-state index in [1.165, 1.54) is 23.5 Å². The zero-order chi connectivity index (χ0) is 19.5. The van der Waals surface area contributed by atoms with Gasteiger partial charge >= 0.3 is 0 Å². The maximum absolute atomic E-state index is 13.1. The van der Waals surface area contributed by atoms with E-state index in [0.29, 0.717) is 5.56 Å². The maximum atomic E-state index is 13.1. The number of rotatable bonds is 7. The third-order valence-electron chi connectivity index (χ3n) is 4.38. The Morgan fingerprint density at radius 3 is 2.38 bits per heavy atom. The van der Waals surface area contributed by atoms with E-state index in [1.807, 2.05) is 13.8 Å². The molecule has 142 valence electrons. The van der Waals surface area contributed by atoms with Crippen molar-refractivity contribution in [3.05, 3.63) is 53.1 Å². The molecule has 0 saturated carbocycles. The third kappa shape index (κ3) is 4.17. The molecule has 0 amide bonds. The number of ether oxygens (including phenoxy) is 1. The highest BCUT2D eigenvalue weighted by Gasteiger charge is 2.29. The average Bonchev–Trinajstić information content (AvgIpc) is 2.60. The minimum Gasteiger partial charge on any atom is -0.508 e. The summed E-state index contributed by atoms with van der Waals surface area (Å²) in [5.74, 6) is 0.293. The van der Waals surface area contributed by atoms with E-state index in [-0.39, 0.29) is 29.5 Å². The van der Waals surface area contributed by atoms with Crippen LogP contribution < -0.4 is 4.74 Å². The van der Waals surface area contributed by atoms with Crippen molar-refractivity contribution in [3.63, 3.8) is 0 Å². The second-order valence-electron chi connectivity index (χ2n) is 6.15. The molecule has 0 spiro atoms. The molecule has 1 atom stereocenters. The van der Waals surface area contributed by atoms with Gasteiger partial charge in [0.25, 0.3) is 0 Å². The van der Waals surface area contributed by atoms with E-state index in [4.69, 9.17) is 4.74 Å². The second-order valence-corrected chi connectivity index (χ2v) is 8.06. The Balaban J connectivity index is 2.38. The van der Waals surface area contributed by atoms with Crippen molar-refractivity contribution in [1.29, 1.82) is 0 Å². The Bertz CT molecular complexity index is 879. The second kappa shape index (κ2) is 8.07. The van der Waals surface area contributed by atoms with Gasteiger partial charge in [0.1, 0.15) is 16.4 Å². The highest BCUT2D eigenvalue weighted by atomic mass is 32.2. The number of aromatic hydroxyl groups is 1. The molecule has 0 aliphatic carbocycles. The lowest BCUT2D eigenvalue weighted by Gasteiger charge is -2.25. The summed E-state index contributed by atoms with van der Waals surface area (Å²) in [5.41, 5.74) is 2.23. The first-order valence-electron chi connectivity index (χ1n) is 8.33. The van der Waals surface area contributed by atoms with Gasteiger partial charge < -0.3 is 14.9 Å². The molecule has 7 heteroatoms. The van der Waals surface area contributed by atoms with E-state index in [9.17, 15) is 18.6 Å². The van der Waals surface area contributed by atoms with Crippen LogP contribution in [0.3, 0.4) is 0 Å². The summed E-state index contributed by atoms with van der Waals surface area (Å²) in [7, 11) is -2.43. The van der Waals surface area contributed by atoms with Gasteiger partial charge in [0, 0.05) is 13.1 Å². The molecule has 0 bridgehead atoms. The molecule has 26 heavy (non-hydrogen) atoms. The fourth-order valence-corrected chi connectivity index (χ4v) is 4.37. The van der Waals surface area contributed by atoms with Gasteiger partial charge in [-0.2, -0.15) is 4.31 Å². The predicted octanol–water partition coefficient (Wildman–Crippen LogP) is 2.76. The van der Waals surface area contributed by atoms with Crippen LogP contribution in [0.4, 0.5) is 0 Å². The van der Waals surface area contributed by atoms with Gasteiger partial charge in [-0.05, 0) is 54.8 Å². The van der Waals surface area contributed by atoms with Crippen molar-refractivity contribution in [2.75, 3.05) is 20.2 Å². The summed E-state index contributed by atoms with van der Waals surface area (Å²) in [4.78, 5) is 0.0769. The topological polar surface area (TPSA) is 87.1 Å². The highest BCUT2D eigenvalue weighted by Crippen LogP contribution is 2.31. The molecule has 0 fully saturated rings. The highest BCUT2D eigenvalue weighted by molar-refractivity contribution is 7.89. The number of likely N-dealkylation sites (N-methyl/N-ethyl adjacent to an activating group) is 1. The van der Waals surface area contributed by atoms with Crippen LogP contribution in [0.2, 0.25) is 0 Å². The van der Waals surface area contributed by atoms with Crippen LogP contribution in [0, 0.1) is 13.8 Å². The van der Waals surface area contributed by atoms with Crippen molar-refractivity contribution in [1.82, 2.24) is 4.31 Å². The third-order valence-corrected chi connectivity index (χ3v) is 6.34. The number of phenolic OH excluding ortho intramolecular Hbond substituents is 1. The number of sulfonamides is 1. The predicted molar refractivity (Wildman–Crippen MR) is 100.0 cm³/mol. The minimum atomic E-state index is -3.86. The van der Waals surface area contributed by atoms with E-state index >= 15 is 0 Å². The van der Waals surface area contributed by atoms with Crippen LogP contribution in [0.1, 0.15) is 29.7 Å². The van der Waals surface area contributed by atoms with E-state index in [2.05, 4.69) is 0 Å². The van der Waals surface area contributed by atoms with Crippen LogP contribution in [0.25, 0.3) is 0 Å². The monoisotopic (exact) mass is 379 g/mol. The number of aliphatic hydroxyl groups excluding tert-OH is 1. The molecule has 2 rings (SSSR count). The van der Waals surface area contributed by atoms with E-state index in [0.717, 1.165) is 11.1 Å². The van der Waals surface area contributed by atoms with Gasteiger partial charge in [-0.15, -0.1) is 0 Å². The first-order chi connectivity index (χ1) is 12.2. The van der Waals surface area contributed by atoms with Gasteiger partial charge in [-0.1, -0.05) is 19.1 Å². The fourth-order valence-electron chi connectivity index (χ4n) is 2.69. The van der Waals surface area contributed by atoms with Crippen LogP contribution in [0.5, 0.6) is 11.5 Å². The molecule has 6 nitrogen and oxygen atoms in total. The summed E-state index contributed by atoms with van der Waals surface area (Å²) in [6.45, 7) is 5.50. The average molecular weight is 379 g/mol. The van der Waals surface area contributed by atoms with Crippen molar-refractivity contribution >= 4 is 10.0 Å². The first kappa shape index (κ1) is 20.2. The Kier molecular flexibility index (Phi) is 6.28. The smallest absolute Gasteiger partial charge is 0.246 e. The largest absolute Gasteiger partial charge is 0.508 e. The Hall–Kier alpha value is -2.09. The van der Waals surface area contributed by atoms with Gasteiger partial charge in [0.15, 0.2) is 0 Å². The molecule has 0 aliphatic rings. The van der Waals surface area contributed by atoms with Crippen LogP contribution in [0.15, 0.2) is 41.3 Å². The number of benzene rings is 2. The molecule has 0 saturated heterocycles. The lowest BCUT2D eigenvalue weighted by Crippen LogP contribution is -2.35. The number of nitrogens with zero attached hydrogens (tertiary/aromatic N) is 1. The van der Waals surface area contributed by atoms with Crippen molar-refractivity contribution in [2.45, 2.75) is 31.8 Å². The van der Waals surface area contributed by atoms with Crippen LogP contribution in [-0.4, -0.2) is 43.1 Å². The molecule has 0 aliphatic heterocycles. The Labute approximate surface area is 154 Å². The number of methoxy groups -OCH3 is 1. The first-order valence-corrected chi connectivity index (χ1v) is 9.77. The van der Waals surface area contributed by atoms with E-state index < -0.39 is 16.1 Å². The molecule has 1 unspecified atom stereocenters. The number of hydrogen-bond acceptors (Lipinski definition) is 5. The summed E-state index contributed by atoms with van der Waals surface area (Å²) in [6.07, 6.45) is -1.06. The van der Waals surface area contributed by atoms with Gasteiger partial charge in [0.05, 0.1) is 13.2 Å². The summed E-state index contributed by atoms with van der Waals surface area (Å²) in [6, 6.07) is 9.44. The zero-order valence-electron chi connectivity index (χ0n) is 15.4. The fraction of sp³-hybridized carbons (Fsp3) is 0.368. The number of aryl methyl sites for hydroxylation is 2. The van der Waals surface area contributed by atoms with Crippen molar-refractivity contribution < 1.29 is 23.4 Å². The Morgan fingerprint density at radius 1 is 1.15 bits per heavy atom.